The first-order chi connectivity index (χ1) is 12.1. The number of allylic oxidation sites excluding steroid dienone is 1. The Kier molecular flexibility index (Phi) is 4.65. The molecule has 1 aliphatic rings. The third-order valence-corrected chi connectivity index (χ3v) is 4.28. The molecule has 0 aromatic heterocycles. The molecule has 0 saturated carbocycles. The molecule has 0 amide bonds. The van der Waals surface area contributed by atoms with Crippen molar-refractivity contribution >= 4 is 6.08 Å². The molecule has 0 fully saturated rings. The van der Waals surface area contributed by atoms with Crippen LogP contribution in [0.2, 0.25) is 0 Å². The van der Waals surface area contributed by atoms with Crippen LogP contribution in [0.5, 0.6) is 23.0 Å². The molecule has 3 rings (SSSR count). The fraction of sp³-hybridized carbons (Fsp3) is 0.250. The highest BCUT2D eigenvalue weighted by molar-refractivity contribution is 5.86. The summed E-state index contributed by atoms with van der Waals surface area (Å²) in [6.07, 6.45) is 4.73. The fourth-order valence-corrected chi connectivity index (χ4v) is 3.13. The monoisotopic (exact) mass is 340 g/mol. The largest absolute Gasteiger partial charge is 0.493 e. The molecule has 130 valence electrons. The first-order valence-electron chi connectivity index (χ1n) is 7.85. The van der Waals surface area contributed by atoms with Crippen LogP contribution in [-0.4, -0.2) is 28.4 Å². The topological polar surface area (TPSA) is 54.0 Å². The molecule has 0 unspecified atom stereocenters. The lowest BCUT2D eigenvalue weighted by Gasteiger charge is -2.19. The predicted molar refractivity (Wildman–Crippen MR) is 97.1 cm³/mol. The molecule has 0 spiro atoms. The summed E-state index contributed by atoms with van der Waals surface area (Å²) in [4.78, 5) is 12.2. The van der Waals surface area contributed by atoms with Crippen LogP contribution in [0.3, 0.4) is 0 Å². The van der Waals surface area contributed by atoms with Gasteiger partial charge < -0.3 is 18.9 Å². The van der Waals surface area contributed by atoms with Gasteiger partial charge in [0.25, 0.3) is 0 Å². The van der Waals surface area contributed by atoms with Crippen LogP contribution in [0.25, 0.3) is 17.2 Å². The number of hydrogen-bond acceptors (Lipinski definition) is 5. The second-order valence-corrected chi connectivity index (χ2v) is 5.57. The van der Waals surface area contributed by atoms with E-state index >= 15 is 0 Å². The van der Waals surface area contributed by atoms with Crippen LogP contribution in [0, 0.1) is 0 Å². The maximum atomic E-state index is 12.2. The van der Waals surface area contributed by atoms with Crippen molar-refractivity contribution in [2.75, 3.05) is 28.4 Å². The molecule has 0 saturated heterocycles. The molecule has 5 nitrogen and oxygen atoms in total. The van der Waals surface area contributed by atoms with E-state index in [1.165, 1.54) is 13.2 Å². The van der Waals surface area contributed by atoms with Gasteiger partial charge >= 0.3 is 0 Å². The quantitative estimate of drug-likeness (QED) is 0.855. The Bertz CT molecular complexity index is 899. The Morgan fingerprint density at radius 1 is 0.840 bits per heavy atom. The first-order valence-corrected chi connectivity index (χ1v) is 7.85. The van der Waals surface area contributed by atoms with Crippen LogP contribution in [-0.2, 0) is 6.42 Å². The Labute approximate surface area is 146 Å². The van der Waals surface area contributed by atoms with Crippen LogP contribution in [0.4, 0.5) is 0 Å². The minimum Gasteiger partial charge on any atom is -0.493 e. The highest BCUT2D eigenvalue weighted by Gasteiger charge is 2.23. The van der Waals surface area contributed by atoms with Crippen molar-refractivity contribution in [3.8, 4) is 34.1 Å². The van der Waals surface area contributed by atoms with Crippen LogP contribution < -0.4 is 24.4 Å². The summed E-state index contributed by atoms with van der Waals surface area (Å²) >= 11 is 0. The number of methoxy groups -OCH3 is 4. The first kappa shape index (κ1) is 16.9. The Balaban J connectivity index is 2.42. The summed E-state index contributed by atoms with van der Waals surface area (Å²) in [5.74, 6) is 2.02. The SMILES string of the molecule is COc1cc2c(c(OC)c1OC)-c1ccc(=O)c(OC)cc1C=CC2. The smallest absolute Gasteiger partial charge is 0.220 e. The van der Waals surface area contributed by atoms with Crippen LogP contribution in [0.1, 0.15) is 11.1 Å². The number of fused-ring (bicyclic) bond motifs is 3. The Hall–Kier alpha value is -2.95. The van der Waals surface area contributed by atoms with Gasteiger partial charge in [-0.05, 0) is 47.4 Å². The standard InChI is InChI=1S/C20H20O5/c1-22-16-10-12-6-5-7-13-11-17(23-2)19(24-3)20(25-4)18(13)14(12)8-9-15(16)21/h5-6,8-11H,7H2,1-4H3. The minimum absolute atomic E-state index is 0.176. The van der Waals surface area contributed by atoms with Gasteiger partial charge in [0.2, 0.25) is 11.2 Å². The third kappa shape index (κ3) is 2.82. The fourth-order valence-electron chi connectivity index (χ4n) is 3.13. The van der Waals surface area contributed by atoms with E-state index in [0.717, 1.165) is 22.3 Å². The minimum atomic E-state index is -0.176. The summed E-state index contributed by atoms with van der Waals surface area (Å²) in [6, 6.07) is 7.00. The van der Waals surface area contributed by atoms with Crippen molar-refractivity contribution in [3.05, 3.63) is 51.7 Å². The van der Waals surface area contributed by atoms with Crippen LogP contribution in [0.15, 0.2) is 35.1 Å². The highest BCUT2D eigenvalue weighted by atomic mass is 16.5. The van der Waals surface area contributed by atoms with Gasteiger partial charge in [-0.2, -0.15) is 0 Å². The zero-order valence-corrected chi connectivity index (χ0v) is 14.7. The van der Waals surface area contributed by atoms with Gasteiger partial charge in [-0.3, -0.25) is 4.79 Å². The van der Waals surface area contributed by atoms with Gasteiger partial charge in [0, 0.05) is 5.56 Å². The van der Waals surface area contributed by atoms with Gasteiger partial charge in [0.05, 0.1) is 28.4 Å². The molecular weight excluding hydrogens is 320 g/mol. The lowest BCUT2D eigenvalue weighted by atomic mass is 9.95. The molecule has 1 aliphatic carbocycles. The summed E-state index contributed by atoms with van der Waals surface area (Å²) in [5.41, 5.74) is 3.50. The van der Waals surface area contributed by atoms with E-state index in [1.54, 1.807) is 33.5 Å². The van der Waals surface area contributed by atoms with Crippen molar-refractivity contribution in [2.24, 2.45) is 0 Å². The molecule has 2 aromatic rings. The molecule has 0 radical (unpaired) electrons. The lowest BCUT2D eigenvalue weighted by molar-refractivity contribution is 0.325. The van der Waals surface area contributed by atoms with E-state index < -0.39 is 0 Å². The maximum absolute atomic E-state index is 12.2. The van der Waals surface area contributed by atoms with Crippen molar-refractivity contribution < 1.29 is 18.9 Å². The molecule has 5 heteroatoms. The van der Waals surface area contributed by atoms with Gasteiger partial charge in [0.1, 0.15) is 0 Å². The number of hydrogen-bond donors (Lipinski definition) is 0. The molecule has 0 N–H and O–H groups in total. The summed E-state index contributed by atoms with van der Waals surface area (Å²) in [7, 11) is 6.26. The van der Waals surface area contributed by atoms with Gasteiger partial charge in [0.15, 0.2) is 17.2 Å². The van der Waals surface area contributed by atoms with E-state index in [-0.39, 0.29) is 5.43 Å². The molecule has 2 aromatic carbocycles. The molecule has 0 bridgehead atoms. The average molecular weight is 340 g/mol. The van der Waals surface area contributed by atoms with Crippen molar-refractivity contribution in [2.45, 2.75) is 6.42 Å². The van der Waals surface area contributed by atoms with Crippen LogP contribution >= 0.6 is 0 Å². The predicted octanol–water partition coefficient (Wildman–Crippen LogP) is 3.32. The lowest BCUT2D eigenvalue weighted by Crippen LogP contribution is -2.00. The number of benzene rings is 1. The maximum Gasteiger partial charge on any atom is 0.220 e. The van der Waals surface area contributed by atoms with Gasteiger partial charge in [-0.15, -0.1) is 0 Å². The molecule has 0 heterocycles. The number of ether oxygens (including phenoxy) is 4. The second-order valence-electron chi connectivity index (χ2n) is 5.57. The molecule has 0 atom stereocenters. The van der Waals surface area contributed by atoms with E-state index in [9.17, 15) is 4.79 Å². The molecule has 0 aliphatic heterocycles. The zero-order chi connectivity index (χ0) is 18.0. The number of rotatable bonds is 4. The normalized spacial score (nSPS) is 11.8. The van der Waals surface area contributed by atoms with E-state index in [4.69, 9.17) is 18.9 Å². The Morgan fingerprint density at radius 3 is 2.20 bits per heavy atom. The van der Waals surface area contributed by atoms with Crippen molar-refractivity contribution in [1.29, 1.82) is 0 Å². The zero-order valence-electron chi connectivity index (χ0n) is 14.7. The van der Waals surface area contributed by atoms with Crippen molar-refractivity contribution in [3.63, 3.8) is 0 Å². The molecular formula is C20H20O5. The highest BCUT2D eigenvalue weighted by Crippen LogP contribution is 2.48. The van der Waals surface area contributed by atoms with E-state index in [0.29, 0.717) is 29.4 Å². The second kappa shape index (κ2) is 6.89. The molecule has 25 heavy (non-hydrogen) atoms. The van der Waals surface area contributed by atoms with E-state index in [1.807, 2.05) is 18.2 Å². The Morgan fingerprint density at radius 2 is 1.56 bits per heavy atom. The summed E-state index contributed by atoms with van der Waals surface area (Å²) < 4.78 is 21.8. The summed E-state index contributed by atoms with van der Waals surface area (Å²) in [6.45, 7) is 0. The summed E-state index contributed by atoms with van der Waals surface area (Å²) in [5, 5.41) is 0. The third-order valence-electron chi connectivity index (χ3n) is 4.28. The average Bonchev–Trinajstić information content (AvgIpc) is 2.90. The van der Waals surface area contributed by atoms with E-state index in [2.05, 4.69) is 0 Å². The van der Waals surface area contributed by atoms with Crippen molar-refractivity contribution in [1.82, 2.24) is 0 Å². The van der Waals surface area contributed by atoms with Gasteiger partial charge in [-0.1, -0.05) is 12.2 Å². The van der Waals surface area contributed by atoms with Gasteiger partial charge in [-0.25, -0.2) is 0 Å².